The summed E-state index contributed by atoms with van der Waals surface area (Å²) in [4.78, 5) is 30.8. The fourth-order valence-corrected chi connectivity index (χ4v) is 5.82. The SMILES string of the molecule is CCOc1cc(C=Nc2sc3c(c2C(=O)NCc2ccccc2)CCCC3)cc(Br)c1OC(C)=O. The highest BCUT2D eigenvalue weighted by Gasteiger charge is 2.25. The standard InChI is InChI=1S/C27H27BrN2O4S/c1-3-33-22-14-19(13-21(28)25(22)34-17(2)31)16-30-27-24(20-11-7-8-12-23(20)35-27)26(32)29-15-18-9-5-4-6-10-18/h4-6,9-10,13-14,16H,3,7-8,11-12,15H2,1-2H3,(H,29,32). The van der Waals surface area contributed by atoms with E-state index in [1.807, 2.05) is 43.3 Å². The Kier molecular flexibility index (Phi) is 8.36. The molecule has 8 heteroatoms. The molecular formula is C27H27BrN2O4S. The molecule has 0 fully saturated rings. The number of amides is 1. The molecule has 182 valence electrons. The van der Waals surface area contributed by atoms with Gasteiger partial charge in [0.05, 0.1) is 16.6 Å². The lowest BCUT2D eigenvalue weighted by Crippen LogP contribution is -2.24. The van der Waals surface area contributed by atoms with E-state index >= 15 is 0 Å². The fourth-order valence-electron chi connectivity index (χ4n) is 4.04. The maximum absolute atomic E-state index is 13.3. The van der Waals surface area contributed by atoms with Gasteiger partial charge < -0.3 is 14.8 Å². The number of esters is 1. The molecule has 1 amide bonds. The van der Waals surface area contributed by atoms with Crippen molar-refractivity contribution in [2.45, 2.75) is 46.1 Å². The number of nitrogens with one attached hydrogen (secondary N) is 1. The van der Waals surface area contributed by atoms with E-state index in [1.54, 1.807) is 23.6 Å². The highest BCUT2D eigenvalue weighted by atomic mass is 79.9. The van der Waals surface area contributed by atoms with Crippen molar-refractivity contribution in [2.75, 3.05) is 6.61 Å². The second kappa shape index (κ2) is 11.6. The van der Waals surface area contributed by atoms with Gasteiger partial charge in [-0.25, -0.2) is 4.99 Å². The van der Waals surface area contributed by atoms with Gasteiger partial charge in [0.1, 0.15) is 5.00 Å². The van der Waals surface area contributed by atoms with Crippen molar-refractivity contribution in [3.05, 3.63) is 74.1 Å². The zero-order valence-corrected chi connectivity index (χ0v) is 22.1. The van der Waals surface area contributed by atoms with Crippen LogP contribution in [0, 0.1) is 0 Å². The molecule has 35 heavy (non-hydrogen) atoms. The van der Waals surface area contributed by atoms with E-state index in [1.165, 1.54) is 11.8 Å². The second-order valence-electron chi connectivity index (χ2n) is 8.17. The van der Waals surface area contributed by atoms with E-state index in [-0.39, 0.29) is 5.91 Å². The van der Waals surface area contributed by atoms with Crippen LogP contribution < -0.4 is 14.8 Å². The Morgan fingerprint density at radius 2 is 1.94 bits per heavy atom. The molecule has 0 aliphatic heterocycles. The number of benzene rings is 2. The summed E-state index contributed by atoms with van der Waals surface area (Å²) in [5, 5.41) is 3.78. The minimum atomic E-state index is -0.427. The lowest BCUT2D eigenvalue weighted by atomic mass is 9.95. The summed E-state index contributed by atoms with van der Waals surface area (Å²) in [6.07, 6.45) is 5.80. The third-order valence-electron chi connectivity index (χ3n) is 5.58. The summed E-state index contributed by atoms with van der Waals surface area (Å²) < 4.78 is 11.6. The third kappa shape index (κ3) is 6.18. The zero-order chi connectivity index (χ0) is 24.8. The van der Waals surface area contributed by atoms with Crippen LogP contribution in [0.4, 0.5) is 5.00 Å². The van der Waals surface area contributed by atoms with E-state index in [4.69, 9.17) is 14.5 Å². The first kappa shape index (κ1) is 25.1. The van der Waals surface area contributed by atoms with Gasteiger partial charge in [-0.1, -0.05) is 30.3 Å². The number of carbonyl (C=O) groups is 2. The van der Waals surface area contributed by atoms with Gasteiger partial charge in [-0.3, -0.25) is 9.59 Å². The molecule has 0 atom stereocenters. The van der Waals surface area contributed by atoms with E-state index in [0.717, 1.165) is 42.4 Å². The van der Waals surface area contributed by atoms with Crippen LogP contribution in [0.25, 0.3) is 0 Å². The second-order valence-corrected chi connectivity index (χ2v) is 10.1. The van der Waals surface area contributed by atoms with Crippen molar-refractivity contribution in [1.82, 2.24) is 5.32 Å². The van der Waals surface area contributed by atoms with Crippen LogP contribution >= 0.6 is 27.3 Å². The minimum absolute atomic E-state index is 0.0956. The smallest absolute Gasteiger partial charge is 0.308 e. The number of aryl methyl sites for hydroxylation is 1. The monoisotopic (exact) mass is 554 g/mol. The first-order valence-corrected chi connectivity index (χ1v) is 13.2. The molecule has 0 bridgehead atoms. The van der Waals surface area contributed by atoms with Gasteiger partial charge in [0.25, 0.3) is 5.91 Å². The molecular weight excluding hydrogens is 528 g/mol. The number of ether oxygens (including phenoxy) is 2. The Bertz CT molecular complexity index is 1250. The molecule has 6 nitrogen and oxygen atoms in total. The van der Waals surface area contributed by atoms with Crippen LogP contribution in [0.2, 0.25) is 0 Å². The van der Waals surface area contributed by atoms with Gasteiger partial charge in [-0.15, -0.1) is 11.3 Å². The first-order chi connectivity index (χ1) is 17.0. The molecule has 1 aliphatic carbocycles. The largest absolute Gasteiger partial charge is 0.490 e. The molecule has 1 aromatic heterocycles. The van der Waals surface area contributed by atoms with Crippen LogP contribution in [0.1, 0.15) is 58.6 Å². The number of aliphatic imine (C=N–C) groups is 1. The maximum atomic E-state index is 13.3. The van der Waals surface area contributed by atoms with Gasteiger partial charge in [0.2, 0.25) is 0 Å². The van der Waals surface area contributed by atoms with E-state index < -0.39 is 5.97 Å². The Morgan fingerprint density at radius 3 is 2.69 bits per heavy atom. The lowest BCUT2D eigenvalue weighted by Gasteiger charge is -2.13. The van der Waals surface area contributed by atoms with E-state index in [0.29, 0.717) is 39.7 Å². The molecule has 1 aliphatic rings. The van der Waals surface area contributed by atoms with Crippen molar-refractivity contribution in [2.24, 2.45) is 4.99 Å². The summed E-state index contributed by atoms with van der Waals surface area (Å²) >= 11 is 5.06. The predicted octanol–water partition coefficient (Wildman–Crippen LogP) is 6.39. The molecule has 3 aromatic rings. The van der Waals surface area contributed by atoms with Crippen LogP contribution in [-0.4, -0.2) is 24.7 Å². The van der Waals surface area contributed by atoms with Crippen LogP contribution in [0.3, 0.4) is 0 Å². The van der Waals surface area contributed by atoms with Gasteiger partial charge in [0, 0.05) is 24.6 Å². The zero-order valence-electron chi connectivity index (χ0n) is 19.7. The van der Waals surface area contributed by atoms with Crippen LogP contribution in [0.5, 0.6) is 11.5 Å². The summed E-state index contributed by atoms with van der Waals surface area (Å²) in [6.45, 7) is 4.10. The molecule has 0 spiro atoms. The number of rotatable bonds is 8. The third-order valence-corrected chi connectivity index (χ3v) is 7.37. The number of halogens is 1. The number of carbonyl (C=O) groups excluding carboxylic acids is 2. The maximum Gasteiger partial charge on any atom is 0.308 e. The van der Waals surface area contributed by atoms with Gasteiger partial charge in [-0.2, -0.15) is 0 Å². The molecule has 0 saturated carbocycles. The van der Waals surface area contributed by atoms with Gasteiger partial charge in [0.15, 0.2) is 11.5 Å². The van der Waals surface area contributed by atoms with Crippen LogP contribution in [-0.2, 0) is 24.2 Å². The molecule has 1 N–H and O–H groups in total. The normalized spacial score (nSPS) is 12.9. The Morgan fingerprint density at radius 1 is 1.17 bits per heavy atom. The number of fused-ring (bicyclic) bond motifs is 1. The van der Waals surface area contributed by atoms with E-state index in [9.17, 15) is 9.59 Å². The molecule has 0 unspecified atom stereocenters. The fraction of sp³-hybridized carbons (Fsp3) is 0.296. The molecule has 2 aromatic carbocycles. The highest BCUT2D eigenvalue weighted by Crippen LogP contribution is 2.40. The van der Waals surface area contributed by atoms with Crippen LogP contribution in [0.15, 0.2) is 51.9 Å². The highest BCUT2D eigenvalue weighted by molar-refractivity contribution is 9.10. The Balaban J connectivity index is 1.63. The molecule has 0 saturated heterocycles. The van der Waals surface area contributed by atoms with Gasteiger partial charge >= 0.3 is 5.97 Å². The van der Waals surface area contributed by atoms with Crippen molar-refractivity contribution >= 4 is 50.4 Å². The minimum Gasteiger partial charge on any atom is -0.490 e. The average molecular weight is 555 g/mol. The predicted molar refractivity (Wildman–Crippen MR) is 142 cm³/mol. The summed E-state index contributed by atoms with van der Waals surface area (Å²) in [6, 6.07) is 13.5. The number of hydrogen-bond donors (Lipinski definition) is 1. The van der Waals surface area contributed by atoms with Gasteiger partial charge in [-0.05, 0) is 77.4 Å². The van der Waals surface area contributed by atoms with Crippen molar-refractivity contribution in [3.63, 3.8) is 0 Å². The number of nitrogens with zero attached hydrogens (tertiary/aromatic N) is 1. The summed E-state index contributed by atoms with van der Waals surface area (Å²) in [5.41, 5.74) is 3.62. The Hall–Kier alpha value is -2.97. The molecule has 0 radical (unpaired) electrons. The summed E-state index contributed by atoms with van der Waals surface area (Å²) in [7, 11) is 0. The molecule has 4 rings (SSSR count). The van der Waals surface area contributed by atoms with Crippen molar-refractivity contribution in [3.8, 4) is 11.5 Å². The van der Waals surface area contributed by atoms with E-state index in [2.05, 4.69) is 21.2 Å². The quantitative estimate of drug-likeness (QED) is 0.199. The first-order valence-electron chi connectivity index (χ1n) is 11.6. The Labute approximate surface area is 217 Å². The molecule has 1 heterocycles. The number of thiophene rings is 1. The van der Waals surface area contributed by atoms with Crippen molar-refractivity contribution in [1.29, 1.82) is 0 Å². The number of hydrogen-bond acceptors (Lipinski definition) is 6. The topological polar surface area (TPSA) is 77.0 Å². The van der Waals surface area contributed by atoms with Crippen molar-refractivity contribution < 1.29 is 19.1 Å². The average Bonchev–Trinajstić information content (AvgIpc) is 3.22. The lowest BCUT2D eigenvalue weighted by molar-refractivity contribution is -0.132. The summed E-state index contributed by atoms with van der Waals surface area (Å²) in [5.74, 6) is 0.263.